The Labute approximate surface area is 193 Å². The molecule has 14 heteroatoms. The lowest BCUT2D eigenvalue weighted by atomic mass is 10.1. The lowest BCUT2D eigenvalue weighted by Gasteiger charge is -2.20. The van der Waals surface area contributed by atoms with E-state index in [9.17, 15) is 28.8 Å². The molecule has 33 heavy (non-hydrogen) atoms. The summed E-state index contributed by atoms with van der Waals surface area (Å²) < 4.78 is 0. The number of hydrogen-bond acceptors (Lipinski definition) is 7. The molecule has 2 saturated heterocycles. The molecule has 7 N–H and O–H groups in total. The van der Waals surface area contributed by atoms with E-state index in [1.165, 1.54) is 0 Å². The summed E-state index contributed by atoms with van der Waals surface area (Å²) in [5.74, 6) is -5.62. The summed E-state index contributed by atoms with van der Waals surface area (Å²) in [7, 11) is 0. The van der Waals surface area contributed by atoms with Crippen LogP contribution >= 0.6 is 11.8 Å². The van der Waals surface area contributed by atoms with Gasteiger partial charge in [0.25, 0.3) is 0 Å². The molecule has 5 atom stereocenters. The summed E-state index contributed by atoms with van der Waals surface area (Å²) in [5.41, 5.74) is 0. The van der Waals surface area contributed by atoms with Crippen molar-refractivity contribution in [2.24, 2.45) is 0 Å². The van der Waals surface area contributed by atoms with E-state index >= 15 is 0 Å². The molecule has 0 bridgehead atoms. The first-order valence-electron chi connectivity index (χ1n) is 10.5. The van der Waals surface area contributed by atoms with Crippen molar-refractivity contribution in [1.82, 2.24) is 21.3 Å². The molecule has 0 aromatic carbocycles. The predicted octanol–water partition coefficient (Wildman–Crippen LogP) is -0.546. The smallest absolute Gasteiger partial charge is 0.326 e. The maximum absolute atomic E-state index is 12.4. The molecule has 2 heterocycles. The SMILES string of the molecule is O=C(O)CC[C@H](NC(=O)C(CC(=O)O)NC(=O)CCCCC1CC2NC(=O)NC2S1)C(=O)O. The second kappa shape index (κ2) is 12.3. The van der Waals surface area contributed by atoms with Gasteiger partial charge in [0.1, 0.15) is 12.1 Å². The number of aliphatic carboxylic acids is 3. The molecule has 0 saturated carbocycles. The van der Waals surface area contributed by atoms with Crippen LogP contribution in [0.15, 0.2) is 0 Å². The van der Waals surface area contributed by atoms with Crippen molar-refractivity contribution >= 4 is 47.5 Å². The van der Waals surface area contributed by atoms with Gasteiger partial charge in [-0.3, -0.25) is 19.2 Å². The average molecular weight is 489 g/mol. The Morgan fingerprint density at radius 3 is 2.30 bits per heavy atom. The molecule has 13 nitrogen and oxygen atoms in total. The predicted molar refractivity (Wildman–Crippen MR) is 114 cm³/mol. The van der Waals surface area contributed by atoms with Gasteiger partial charge < -0.3 is 36.6 Å². The van der Waals surface area contributed by atoms with E-state index in [4.69, 9.17) is 15.3 Å². The van der Waals surface area contributed by atoms with E-state index in [1.807, 2.05) is 0 Å². The summed E-state index contributed by atoms with van der Waals surface area (Å²) in [6, 6.07) is -3.06. The van der Waals surface area contributed by atoms with Crippen molar-refractivity contribution < 1.29 is 44.1 Å². The van der Waals surface area contributed by atoms with Crippen LogP contribution in [-0.4, -0.2) is 79.8 Å². The number of amides is 4. The number of fused-ring (bicyclic) bond motifs is 1. The van der Waals surface area contributed by atoms with Crippen LogP contribution < -0.4 is 21.3 Å². The third kappa shape index (κ3) is 8.79. The van der Waals surface area contributed by atoms with Crippen LogP contribution in [0.2, 0.25) is 0 Å². The van der Waals surface area contributed by atoms with Crippen LogP contribution in [0.1, 0.15) is 51.4 Å². The number of carboxylic acid groups (broad SMARTS) is 3. The molecule has 2 fully saturated rings. The summed E-state index contributed by atoms with van der Waals surface area (Å²) in [5, 5.41) is 37.4. The Bertz CT molecular complexity index is 777. The molecule has 2 aliphatic rings. The second-order valence-electron chi connectivity index (χ2n) is 7.93. The van der Waals surface area contributed by atoms with Crippen molar-refractivity contribution in [2.75, 3.05) is 0 Å². The topological polar surface area (TPSA) is 211 Å². The van der Waals surface area contributed by atoms with Gasteiger partial charge in [0, 0.05) is 18.1 Å². The molecule has 2 aliphatic heterocycles. The van der Waals surface area contributed by atoms with Crippen LogP contribution in [0.3, 0.4) is 0 Å². The van der Waals surface area contributed by atoms with Crippen molar-refractivity contribution in [2.45, 2.75) is 80.1 Å². The first kappa shape index (κ1) is 26.2. The van der Waals surface area contributed by atoms with Crippen LogP contribution in [-0.2, 0) is 24.0 Å². The Morgan fingerprint density at radius 2 is 1.70 bits per heavy atom. The minimum absolute atomic E-state index is 0.0595. The monoisotopic (exact) mass is 488 g/mol. The molecular weight excluding hydrogens is 460 g/mol. The molecule has 4 amide bonds. The van der Waals surface area contributed by atoms with E-state index in [0.29, 0.717) is 11.7 Å². The summed E-state index contributed by atoms with van der Waals surface area (Å²) in [4.78, 5) is 68.8. The Hall–Kier alpha value is -3.03. The minimum atomic E-state index is -1.52. The fourth-order valence-corrected chi connectivity index (χ4v) is 5.24. The minimum Gasteiger partial charge on any atom is -0.481 e. The van der Waals surface area contributed by atoms with E-state index in [1.54, 1.807) is 11.8 Å². The number of rotatable bonds is 14. The summed E-state index contributed by atoms with van der Waals surface area (Å²) in [6.07, 6.45) is 1.34. The number of nitrogens with one attached hydrogen (secondary N) is 4. The zero-order valence-corrected chi connectivity index (χ0v) is 18.6. The fourth-order valence-electron chi connectivity index (χ4n) is 3.66. The highest BCUT2D eigenvalue weighted by Gasteiger charge is 2.40. The molecule has 0 spiro atoms. The highest BCUT2D eigenvalue weighted by Crippen LogP contribution is 2.37. The van der Waals surface area contributed by atoms with E-state index in [2.05, 4.69) is 21.3 Å². The highest BCUT2D eigenvalue weighted by atomic mass is 32.2. The van der Waals surface area contributed by atoms with Gasteiger partial charge in [-0.25, -0.2) is 9.59 Å². The molecule has 4 unspecified atom stereocenters. The number of carbonyl (C=O) groups is 6. The standard InChI is InChI=1S/C19H28N4O9S/c24-13(4-2-1-3-9-7-12-17(33-9)23-19(32)22-12)20-11(8-15(27)28)16(29)21-10(18(30)31)5-6-14(25)26/h9-12,17H,1-8H2,(H,20,24)(H,21,29)(H,25,26)(H,27,28)(H,30,31)(H2,22,23,32)/t9?,10-,11?,12?,17?/m0/s1. The third-order valence-electron chi connectivity index (χ3n) is 5.28. The number of unbranched alkanes of at least 4 members (excludes halogenated alkanes) is 1. The van der Waals surface area contributed by atoms with Crippen LogP contribution in [0.5, 0.6) is 0 Å². The summed E-state index contributed by atoms with van der Waals surface area (Å²) >= 11 is 1.68. The maximum atomic E-state index is 12.4. The lowest BCUT2D eigenvalue weighted by molar-refractivity contribution is -0.144. The van der Waals surface area contributed by atoms with Gasteiger partial charge in [-0.15, -0.1) is 11.8 Å². The normalized spacial score (nSPS) is 22.9. The lowest BCUT2D eigenvalue weighted by Crippen LogP contribution is -2.52. The van der Waals surface area contributed by atoms with Crippen LogP contribution in [0.25, 0.3) is 0 Å². The van der Waals surface area contributed by atoms with Crippen molar-refractivity contribution in [1.29, 1.82) is 0 Å². The van der Waals surface area contributed by atoms with Crippen molar-refractivity contribution in [3.05, 3.63) is 0 Å². The van der Waals surface area contributed by atoms with Gasteiger partial charge in [-0.2, -0.15) is 0 Å². The molecule has 0 radical (unpaired) electrons. The molecular formula is C19H28N4O9S. The van der Waals surface area contributed by atoms with E-state index in [0.717, 1.165) is 19.3 Å². The largest absolute Gasteiger partial charge is 0.481 e. The van der Waals surface area contributed by atoms with E-state index in [-0.39, 0.29) is 30.3 Å². The summed E-state index contributed by atoms with van der Waals surface area (Å²) in [6.45, 7) is 0. The number of carbonyl (C=O) groups excluding carboxylic acids is 3. The number of urea groups is 1. The molecule has 0 aliphatic carbocycles. The third-order valence-corrected chi connectivity index (χ3v) is 6.84. The quantitative estimate of drug-likeness (QED) is 0.155. The highest BCUT2D eigenvalue weighted by molar-refractivity contribution is 8.00. The van der Waals surface area contributed by atoms with Gasteiger partial charge in [-0.05, 0) is 25.7 Å². The fraction of sp³-hybridized carbons (Fsp3) is 0.684. The number of carboxylic acids is 3. The first-order chi connectivity index (χ1) is 15.5. The molecule has 0 aromatic heterocycles. The zero-order valence-electron chi connectivity index (χ0n) is 17.7. The van der Waals surface area contributed by atoms with Crippen molar-refractivity contribution in [3.8, 4) is 0 Å². The van der Waals surface area contributed by atoms with Gasteiger partial charge in [-0.1, -0.05) is 6.42 Å². The number of thioether (sulfide) groups is 1. The second-order valence-corrected chi connectivity index (χ2v) is 9.38. The van der Waals surface area contributed by atoms with Crippen LogP contribution in [0.4, 0.5) is 4.79 Å². The van der Waals surface area contributed by atoms with E-state index < -0.39 is 54.6 Å². The van der Waals surface area contributed by atoms with Gasteiger partial charge in [0.15, 0.2) is 0 Å². The van der Waals surface area contributed by atoms with Gasteiger partial charge in [0.2, 0.25) is 11.8 Å². The molecule has 0 aromatic rings. The Balaban J connectivity index is 1.76. The van der Waals surface area contributed by atoms with Crippen LogP contribution in [0, 0.1) is 0 Å². The Kier molecular flexibility index (Phi) is 9.75. The zero-order chi connectivity index (χ0) is 24.5. The molecule has 2 rings (SSSR count). The van der Waals surface area contributed by atoms with Crippen molar-refractivity contribution in [3.63, 3.8) is 0 Å². The maximum Gasteiger partial charge on any atom is 0.326 e. The number of hydrogen-bond donors (Lipinski definition) is 7. The Morgan fingerprint density at radius 1 is 0.970 bits per heavy atom. The average Bonchev–Trinajstić information content (AvgIpc) is 3.23. The van der Waals surface area contributed by atoms with Gasteiger partial charge in [0.05, 0.1) is 17.8 Å². The molecule has 184 valence electrons. The van der Waals surface area contributed by atoms with Gasteiger partial charge >= 0.3 is 23.9 Å². The first-order valence-corrected chi connectivity index (χ1v) is 11.5.